The molecule has 0 saturated heterocycles. The van der Waals surface area contributed by atoms with Gasteiger partial charge in [0, 0.05) is 6.42 Å². The van der Waals surface area contributed by atoms with Crippen LogP contribution in [0.5, 0.6) is 23.0 Å². The smallest absolute Gasteiger partial charge is 0.408 e. The topological polar surface area (TPSA) is 238 Å². The second-order valence-electron chi connectivity index (χ2n) is 20.5. The number of rotatable bonds is 27. The van der Waals surface area contributed by atoms with Gasteiger partial charge in [-0.25, -0.2) is 14.4 Å². The molecule has 0 aliphatic carbocycles. The maximum atomic E-state index is 13.7. The number of carbonyl (C=O) groups is 5. The number of nitrogens with two attached hydrogens (primary N) is 1. The maximum Gasteiger partial charge on any atom is 0.408 e. The number of esters is 2. The molecule has 18 heteroatoms. The Morgan fingerprint density at radius 2 is 0.941 bits per heavy atom. The lowest BCUT2D eigenvalue weighted by Crippen LogP contribution is -2.47. The fraction of sp³-hybridized carbons (Fsp3) is 0.269. The first kappa shape index (κ1) is 62.8. The molecule has 444 valence electrons. The van der Waals surface area contributed by atoms with Crippen molar-refractivity contribution in [2.45, 2.75) is 104 Å². The number of hydrogen-bond acceptors (Lipinski definition) is 15. The number of benzene rings is 6. The first-order chi connectivity index (χ1) is 41.1. The van der Waals surface area contributed by atoms with Crippen molar-refractivity contribution in [2.75, 3.05) is 23.8 Å². The van der Waals surface area contributed by atoms with E-state index in [0.29, 0.717) is 79.0 Å². The Kier molecular flexibility index (Phi) is 23.7. The minimum atomic E-state index is -1.02. The lowest BCUT2D eigenvalue weighted by Gasteiger charge is -2.24. The molecule has 2 aromatic heterocycles. The first-order valence-electron chi connectivity index (χ1n) is 27.9. The highest BCUT2D eigenvalue weighted by Crippen LogP contribution is 2.30. The molecule has 0 radical (unpaired) electrons. The second-order valence-corrected chi connectivity index (χ2v) is 20.5. The third-order valence-corrected chi connectivity index (χ3v) is 12.3. The fourth-order valence-corrected chi connectivity index (χ4v) is 8.00. The average Bonchev–Trinajstić information content (AvgIpc) is 4.41. The maximum absolute atomic E-state index is 13.7. The van der Waals surface area contributed by atoms with Crippen molar-refractivity contribution in [3.63, 3.8) is 0 Å². The van der Waals surface area contributed by atoms with Gasteiger partial charge in [-0.2, -0.15) is 0 Å². The van der Waals surface area contributed by atoms with E-state index in [-0.39, 0.29) is 43.5 Å². The number of furan rings is 2. The summed E-state index contributed by atoms with van der Waals surface area (Å²) in [6.07, 6.45) is 4.21. The first-order valence-corrected chi connectivity index (χ1v) is 27.9. The molecule has 0 aliphatic rings. The summed E-state index contributed by atoms with van der Waals surface area (Å²) in [5.74, 6) is 1.21. The molecule has 0 fully saturated rings. The summed E-state index contributed by atoms with van der Waals surface area (Å²) in [4.78, 5) is 64.4. The summed E-state index contributed by atoms with van der Waals surface area (Å²) in [5.41, 5.74) is 10.5. The molecule has 2 heterocycles. The molecule has 85 heavy (non-hydrogen) atoms. The van der Waals surface area contributed by atoms with E-state index in [1.54, 1.807) is 69.5 Å². The van der Waals surface area contributed by atoms with Gasteiger partial charge in [-0.05, 0) is 147 Å². The third-order valence-electron chi connectivity index (χ3n) is 12.3. The van der Waals surface area contributed by atoms with Gasteiger partial charge in [0.05, 0.1) is 54.3 Å². The van der Waals surface area contributed by atoms with Crippen molar-refractivity contribution in [1.29, 1.82) is 0 Å². The molecule has 5 N–H and O–H groups in total. The van der Waals surface area contributed by atoms with Gasteiger partial charge in [0.1, 0.15) is 72.6 Å². The van der Waals surface area contributed by atoms with Crippen molar-refractivity contribution >= 4 is 41.2 Å². The van der Waals surface area contributed by atoms with Crippen LogP contribution in [0.25, 0.3) is 0 Å². The van der Waals surface area contributed by atoms with E-state index < -0.39 is 41.6 Å². The van der Waals surface area contributed by atoms with Gasteiger partial charge < -0.3 is 63.7 Å². The van der Waals surface area contributed by atoms with Gasteiger partial charge in [-0.1, -0.05) is 98.8 Å². The van der Waals surface area contributed by atoms with Crippen molar-refractivity contribution in [3.05, 3.63) is 227 Å². The summed E-state index contributed by atoms with van der Waals surface area (Å²) in [6, 6.07) is 49.0. The van der Waals surface area contributed by atoms with Gasteiger partial charge in [-0.15, -0.1) is 0 Å². The molecular weight excluding hydrogens is 1080 g/mol. The molecule has 8 aromatic rings. The van der Waals surface area contributed by atoms with Crippen LogP contribution in [0.15, 0.2) is 191 Å². The van der Waals surface area contributed by atoms with E-state index in [9.17, 15) is 24.0 Å². The van der Waals surface area contributed by atoms with Crippen molar-refractivity contribution in [2.24, 2.45) is 5.73 Å². The summed E-state index contributed by atoms with van der Waals surface area (Å²) < 4.78 is 50.2. The van der Waals surface area contributed by atoms with Crippen LogP contribution in [0.4, 0.5) is 16.2 Å². The van der Waals surface area contributed by atoms with E-state index in [1.165, 1.54) is 24.5 Å². The van der Waals surface area contributed by atoms with Gasteiger partial charge in [0.15, 0.2) is 0 Å². The molecule has 0 bridgehead atoms. The minimum absolute atomic E-state index is 0.0572. The van der Waals surface area contributed by atoms with Crippen LogP contribution in [0.2, 0.25) is 0 Å². The lowest BCUT2D eigenvalue weighted by molar-refractivity contribution is -0.118. The van der Waals surface area contributed by atoms with E-state index in [4.69, 9.17) is 47.7 Å². The monoisotopic (exact) mass is 1160 g/mol. The zero-order valence-corrected chi connectivity index (χ0v) is 48.3. The second kappa shape index (κ2) is 32.1. The van der Waals surface area contributed by atoms with Gasteiger partial charge in [-0.3, -0.25) is 9.59 Å². The van der Waals surface area contributed by atoms with Gasteiger partial charge in [0.25, 0.3) is 0 Å². The number of amides is 3. The van der Waals surface area contributed by atoms with Crippen molar-refractivity contribution in [1.82, 2.24) is 5.32 Å². The normalized spacial score (nSPS) is 11.6. The molecule has 0 aliphatic heterocycles. The number of ether oxygens (including phenoxy) is 7. The minimum Gasteiger partial charge on any atom is -0.489 e. The lowest BCUT2D eigenvalue weighted by atomic mass is 10.0. The zero-order valence-electron chi connectivity index (χ0n) is 48.3. The molecule has 0 unspecified atom stereocenters. The van der Waals surface area contributed by atoms with Crippen LogP contribution >= 0.6 is 0 Å². The Bertz CT molecular complexity index is 3350. The predicted molar refractivity (Wildman–Crippen MR) is 320 cm³/mol. The average molecular weight is 1160 g/mol. The van der Waals surface area contributed by atoms with E-state index in [1.807, 2.05) is 123 Å². The standard InChI is InChI=1S/C36H40N2O8.C31H32N2O6/c1-5-19-43-34(40)27-15-18-30(32(22-27)45-24-29-12-9-20-42-29)37-33(39)31(38-35(41)46-36(2,3)4)21-25-13-16-28(17-14-25)44-23-26-10-7-6-8-11-26;1-2-16-37-31(35)24-12-15-28(29(19-24)39-21-26-9-6-17-36-26)33-30(34)27(32)18-22-10-13-25(14-11-22)38-20-23-7-4-3-5-8-23/h6-18,20,22,31H,5,19,21,23-24H2,1-4H3,(H,37,39)(H,38,41);3-15,17,19,27H,2,16,18,20-21,32H2,1H3,(H,33,34)/t31-;27-/m11/s1. The third kappa shape index (κ3) is 21.2. The molecule has 6 aromatic carbocycles. The molecular formula is C67H72N4O14. The van der Waals surface area contributed by atoms with Gasteiger partial charge in [0.2, 0.25) is 11.8 Å². The Hall–Kier alpha value is -9.81. The van der Waals surface area contributed by atoms with Crippen LogP contribution in [-0.2, 0) is 63.1 Å². The number of hydrogen-bond donors (Lipinski definition) is 4. The summed E-state index contributed by atoms with van der Waals surface area (Å²) >= 11 is 0. The van der Waals surface area contributed by atoms with Gasteiger partial charge >= 0.3 is 18.0 Å². The number of carbonyl (C=O) groups excluding carboxylic acids is 5. The Balaban J connectivity index is 0.000000247. The largest absolute Gasteiger partial charge is 0.489 e. The van der Waals surface area contributed by atoms with E-state index in [2.05, 4.69) is 16.0 Å². The SMILES string of the molecule is CCCOC(=O)c1ccc(NC(=O)[C@@H](Cc2ccc(OCc3ccccc3)cc2)NC(=O)OC(C)(C)C)c(OCc2ccco2)c1.CCCOC(=O)c1ccc(NC(=O)[C@H](N)Cc2ccc(OCc3ccccc3)cc2)c(OCc2ccco2)c1. The quantitative estimate of drug-likeness (QED) is 0.0277. The molecule has 3 amide bonds. The highest BCUT2D eigenvalue weighted by molar-refractivity contribution is 5.99. The number of anilines is 2. The summed E-state index contributed by atoms with van der Waals surface area (Å²) in [7, 11) is 0. The van der Waals surface area contributed by atoms with E-state index in [0.717, 1.165) is 28.0 Å². The highest BCUT2D eigenvalue weighted by atomic mass is 16.6. The summed E-state index contributed by atoms with van der Waals surface area (Å²) in [6.45, 7) is 10.7. The van der Waals surface area contributed by atoms with Crippen LogP contribution in [-0.4, -0.2) is 60.7 Å². The molecule has 2 atom stereocenters. The van der Waals surface area contributed by atoms with Crippen LogP contribution in [0.3, 0.4) is 0 Å². The van der Waals surface area contributed by atoms with Crippen LogP contribution in [0, 0.1) is 0 Å². The Morgan fingerprint density at radius 3 is 1.36 bits per heavy atom. The molecule has 8 rings (SSSR count). The Labute approximate surface area is 494 Å². The molecule has 18 nitrogen and oxygen atoms in total. The van der Waals surface area contributed by atoms with Crippen molar-refractivity contribution in [3.8, 4) is 23.0 Å². The Morgan fingerprint density at radius 1 is 0.494 bits per heavy atom. The summed E-state index contributed by atoms with van der Waals surface area (Å²) in [5, 5.41) is 8.37. The van der Waals surface area contributed by atoms with E-state index >= 15 is 0 Å². The molecule has 0 saturated carbocycles. The fourth-order valence-electron chi connectivity index (χ4n) is 8.00. The van der Waals surface area contributed by atoms with Crippen LogP contribution < -0.4 is 40.6 Å². The predicted octanol–water partition coefficient (Wildman–Crippen LogP) is 12.6. The number of nitrogens with one attached hydrogen (secondary N) is 3. The zero-order chi connectivity index (χ0) is 60.4. The highest BCUT2D eigenvalue weighted by Gasteiger charge is 2.27. The van der Waals surface area contributed by atoms with Crippen LogP contribution in [0.1, 0.15) is 102 Å². The number of alkyl carbamates (subject to hydrolysis) is 1. The van der Waals surface area contributed by atoms with Crippen molar-refractivity contribution < 1.29 is 66.0 Å². The molecule has 0 spiro atoms.